The maximum absolute atomic E-state index is 11.3. The van der Waals surface area contributed by atoms with E-state index in [-0.39, 0.29) is 0 Å². The van der Waals surface area contributed by atoms with Crippen LogP contribution in [0.1, 0.15) is 17.4 Å². The van der Waals surface area contributed by atoms with Crippen LogP contribution in [0.4, 0.5) is 0 Å². The van der Waals surface area contributed by atoms with Crippen LogP contribution in [-0.2, 0) is 30.3 Å². The number of rotatable bonds is 8. The maximum atomic E-state index is 11.3. The minimum Gasteiger partial charge on any atom is -0.387 e. The van der Waals surface area contributed by atoms with Crippen LogP contribution in [0.5, 0.6) is 0 Å². The second-order valence-corrected chi connectivity index (χ2v) is 15.3. The van der Waals surface area contributed by atoms with Crippen LogP contribution in [-0.4, -0.2) is 57.1 Å². The Balaban J connectivity index is 1.46. The Bertz CT molecular complexity index is 827. The average Bonchev–Trinajstić information content (AvgIpc) is 2.79. The standard InChI is InChI=1S/C25H34O6Si/c1-32(2,3)15-14-27-25-23(28-16-18-10-6-4-7-11-18)21(26)22-20(30-25)17-29-24(31-22)19-12-8-5-9-13-19/h4-13,20-26H,14-17H2,1-3H3/t20-,21+,22+,23-,24?,25-/m1/s1. The maximum Gasteiger partial charge on any atom is 0.186 e. The van der Waals surface area contributed by atoms with Gasteiger partial charge in [0.2, 0.25) is 0 Å². The summed E-state index contributed by atoms with van der Waals surface area (Å²) in [5, 5.41) is 11.3. The lowest BCUT2D eigenvalue weighted by Crippen LogP contribution is -2.63. The van der Waals surface area contributed by atoms with Gasteiger partial charge in [0.15, 0.2) is 12.6 Å². The number of ether oxygens (including phenoxy) is 5. The lowest BCUT2D eigenvalue weighted by molar-refractivity contribution is -0.366. The van der Waals surface area contributed by atoms with E-state index in [1.165, 1.54) is 0 Å². The summed E-state index contributed by atoms with van der Waals surface area (Å²) in [6, 6.07) is 20.6. The monoisotopic (exact) mass is 458 g/mol. The minimum atomic E-state index is -1.27. The van der Waals surface area contributed by atoms with Crippen molar-refractivity contribution in [1.82, 2.24) is 0 Å². The molecule has 0 saturated carbocycles. The van der Waals surface area contributed by atoms with Gasteiger partial charge < -0.3 is 28.8 Å². The van der Waals surface area contributed by atoms with E-state index in [2.05, 4.69) is 19.6 Å². The predicted octanol–water partition coefficient (Wildman–Crippen LogP) is 4.13. The molecule has 0 bridgehead atoms. The molecule has 0 spiro atoms. The smallest absolute Gasteiger partial charge is 0.186 e. The second kappa shape index (κ2) is 10.6. The highest BCUT2D eigenvalue weighted by Crippen LogP contribution is 2.35. The fourth-order valence-corrected chi connectivity index (χ4v) is 4.64. The molecule has 6 nitrogen and oxygen atoms in total. The summed E-state index contributed by atoms with van der Waals surface area (Å²) in [5.41, 5.74) is 1.94. The van der Waals surface area contributed by atoms with Crippen LogP contribution >= 0.6 is 0 Å². The molecule has 4 rings (SSSR count). The van der Waals surface area contributed by atoms with Gasteiger partial charge in [-0.3, -0.25) is 0 Å². The lowest BCUT2D eigenvalue weighted by atomic mass is 9.97. The van der Waals surface area contributed by atoms with Crippen molar-refractivity contribution in [2.45, 2.75) is 69.3 Å². The van der Waals surface area contributed by atoms with Gasteiger partial charge in [0, 0.05) is 20.2 Å². The second-order valence-electron chi connectivity index (χ2n) is 9.65. The molecule has 2 aromatic rings. The molecule has 2 aliphatic rings. The summed E-state index contributed by atoms with van der Waals surface area (Å²) in [6.45, 7) is 8.16. The number of hydrogen-bond acceptors (Lipinski definition) is 6. The molecule has 32 heavy (non-hydrogen) atoms. The van der Waals surface area contributed by atoms with E-state index in [1.54, 1.807) is 0 Å². The van der Waals surface area contributed by atoms with Crippen molar-refractivity contribution in [3.8, 4) is 0 Å². The molecular formula is C25H34O6Si. The summed E-state index contributed by atoms with van der Waals surface area (Å²) < 4.78 is 30.5. The zero-order valence-electron chi connectivity index (χ0n) is 19.1. The quantitative estimate of drug-likeness (QED) is 0.600. The Labute approximate surface area is 191 Å². The molecule has 0 amide bonds. The SMILES string of the molecule is C[Si](C)(C)CCO[C@@H]1O[C@@H]2COC(c3ccccc3)O[C@@H]2[C@H](O)[C@H]1OCc1ccccc1. The molecule has 1 N–H and O–H groups in total. The van der Waals surface area contributed by atoms with Crippen LogP contribution in [0, 0.1) is 0 Å². The molecule has 0 radical (unpaired) electrons. The molecule has 174 valence electrons. The van der Waals surface area contributed by atoms with Crippen molar-refractivity contribution in [2.75, 3.05) is 13.2 Å². The van der Waals surface area contributed by atoms with E-state index in [0.29, 0.717) is 19.8 Å². The minimum absolute atomic E-state index is 0.320. The van der Waals surface area contributed by atoms with Crippen LogP contribution < -0.4 is 0 Å². The first-order valence-corrected chi connectivity index (χ1v) is 15.0. The van der Waals surface area contributed by atoms with E-state index < -0.39 is 45.1 Å². The van der Waals surface area contributed by atoms with Gasteiger partial charge >= 0.3 is 0 Å². The third kappa shape index (κ3) is 6.05. The van der Waals surface area contributed by atoms with E-state index in [4.69, 9.17) is 23.7 Å². The third-order valence-electron chi connectivity index (χ3n) is 5.80. The zero-order chi connectivity index (χ0) is 22.6. The Morgan fingerprint density at radius 1 is 0.938 bits per heavy atom. The van der Waals surface area contributed by atoms with Crippen molar-refractivity contribution in [2.24, 2.45) is 0 Å². The summed E-state index contributed by atoms with van der Waals surface area (Å²) in [7, 11) is -1.27. The van der Waals surface area contributed by atoms with Crippen LogP contribution in [0.3, 0.4) is 0 Å². The molecule has 1 unspecified atom stereocenters. The molecule has 2 fully saturated rings. The number of benzene rings is 2. The predicted molar refractivity (Wildman–Crippen MR) is 124 cm³/mol. The van der Waals surface area contributed by atoms with Crippen LogP contribution in [0.25, 0.3) is 0 Å². The normalized spacial score (nSPS) is 30.6. The molecule has 0 aromatic heterocycles. The van der Waals surface area contributed by atoms with Gasteiger partial charge in [0.05, 0.1) is 13.2 Å². The Morgan fingerprint density at radius 3 is 2.31 bits per heavy atom. The van der Waals surface area contributed by atoms with Crippen LogP contribution in [0.15, 0.2) is 60.7 Å². The van der Waals surface area contributed by atoms with Gasteiger partial charge in [0.1, 0.15) is 24.4 Å². The number of aliphatic hydroxyl groups is 1. The van der Waals surface area contributed by atoms with E-state index in [0.717, 1.165) is 17.2 Å². The lowest BCUT2D eigenvalue weighted by Gasteiger charge is -2.47. The fraction of sp³-hybridized carbons (Fsp3) is 0.520. The summed E-state index contributed by atoms with van der Waals surface area (Å²) in [5.74, 6) is 0. The fourth-order valence-electron chi connectivity index (χ4n) is 3.91. The highest BCUT2D eigenvalue weighted by atomic mass is 28.3. The molecule has 2 aliphatic heterocycles. The van der Waals surface area contributed by atoms with Gasteiger partial charge in [-0.25, -0.2) is 0 Å². The summed E-state index contributed by atoms with van der Waals surface area (Å²) in [6.07, 6.45) is -3.76. The first kappa shape index (κ1) is 23.6. The Hall–Kier alpha value is -1.58. The van der Waals surface area contributed by atoms with Crippen molar-refractivity contribution in [3.63, 3.8) is 0 Å². The first-order valence-electron chi connectivity index (χ1n) is 11.3. The van der Waals surface area contributed by atoms with Gasteiger partial charge in [-0.15, -0.1) is 0 Å². The molecule has 2 heterocycles. The molecule has 6 atom stereocenters. The molecule has 2 saturated heterocycles. The summed E-state index contributed by atoms with van der Waals surface area (Å²) >= 11 is 0. The highest BCUT2D eigenvalue weighted by molar-refractivity contribution is 6.76. The molecule has 2 aromatic carbocycles. The van der Waals surface area contributed by atoms with Gasteiger partial charge in [-0.05, 0) is 11.6 Å². The Kier molecular flexibility index (Phi) is 7.78. The summed E-state index contributed by atoms with van der Waals surface area (Å²) in [4.78, 5) is 0. The topological polar surface area (TPSA) is 66.4 Å². The van der Waals surface area contributed by atoms with E-state index in [9.17, 15) is 5.11 Å². The largest absolute Gasteiger partial charge is 0.387 e. The van der Waals surface area contributed by atoms with Crippen molar-refractivity contribution in [1.29, 1.82) is 0 Å². The zero-order valence-corrected chi connectivity index (χ0v) is 20.1. The van der Waals surface area contributed by atoms with Gasteiger partial charge in [-0.1, -0.05) is 80.3 Å². The molecule has 7 heteroatoms. The average molecular weight is 459 g/mol. The van der Waals surface area contributed by atoms with E-state index in [1.807, 2.05) is 60.7 Å². The number of fused-ring (bicyclic) bond motifs is 1. The van der Waals surface area contributed by atoms with Crippen molar-refractivity contribution < 1.29 is 28.8 Å². The van der Waals surface area contributed by atoms with E-state index >= 15 is 0 Å². The van der Waals surface area contributed by atoms with Crippen molar-refractivity contribution >= 4 is 8.07 Å². The number of aliphatic hydroxyl groups excluding tert-OH is 1. The highest BCUT2D eigenvalue weighted by Gasteiger charge is 2.50. The third-order valence-corrected chi connectivity index (χ3v) is 7.50. The molecular weight excluding hydrogens is 424 g/mol. The Morgan fingerprint density at radius 2 is 1.62 bits per heavy atom. The molecule has 0 aliphatic carbocycles. The number of hydrogen-bond donors (Lipinski definition) is 1. The first-order chi connectivity index (χ1) is 15.4. The van der Waals surface area contributed by atoms with Gasteiger partial charge in [0.25, 0.3) is 0 Å². The van der Waals surface area contributed by atoms with Gasteiger partial charge in [-0.2, -0.15) is 0 Å². The van der Waals surface area contributed by atoms with Crippen molar-refractivity contribution in [3.05, 3.63) is 71.8 Å². The van der Waals surface area contributed by atoms with Crippen LogP contribution in [0.2, 0.25) is 25.7 Å².